The summed E-state index contributed by atoms with van der Waals surface area (Å²) in [4.78, 5) is 39.1. The number of carbonyl (C=O) groups excluding carboxylic acids is 2. The standard InChI is InChI=1S/C14H16N4O6/c1-13(2,14(21)23-24-14)17(3)15-16-22-8-18-11(19)9-6-4-5-7-10(9)12(18)20/h4-7,21H,8H2,1-3H3/b16-15-. The molecule has 10 nitrogen and oxygen atoms in total. The van der Waals surface area contributed by atoms with Crippen molar-refractivity contribution in [2.24, 2.45) is 10.5 Å². The zero-order valence-electron chi connectivity index (χ0n) is 13.3. The summed E-state index contributed by atoms with van der Waals surface area (Å²) in [6, 6.07) is 6.50. The van der Waals surface area contributed by atoms with Crippen molar-refractivity contribution in [3.63, 3.8) is 0 Å². The van der Waals surface area contributed by atoms with Gasteiger partial charge in [0.1, 0.15) is 5.54 Å². The van der Waals surface area contributed by atoms with Gasteiger partial charge in [0.25, 0.3) is 11.8 Å². The number of nitrogens with zero attached hydrogens (tertiary/aromatic N) is 4. The predicted molar refractivity (Wildman–Crippen MR) is 76.7 cm³/mol. The molecule has 128 valence electrons. The molecule has 0 aliphatic carbocycles. The molecule has 0 aromatic heterocycles. The molecule has 1 aromatic carbocycles. The van der Waals surface area contributed by atoms with Gasteiger partial charge < -0.3 is 9.94 Å². The van der Waals surface area contributed by atoms with Crippen molar-refractivity contribution < 1.29 is 29.3 Å². The summed E-state index contributed by atoms with van der Waals surface area (Å²) in [6.45, 7) is 2.85. The number of carbonyl (C=O) groups is 2. The highest BCUT2D eigenvalue weighted by Crippen LogP contribution is 2.40. The fraction of sp³-hybridized carbons (Fsp3) is 0.429. The molecular weight excluding hydrogens is 320 g/mol. The van der Waals surface area contributed by atoms with E-state index in [4.69, 9.17) is 4.84 Å². The van der Waals surface area contributed by atoms with Crippen molar-refractivity contribution in [2.75, 3.05) is 13.8 Å². The lowest BCUT2D eigenvalue weighted by atomic mass is 10.0. The van der Waals surface area contributed by atoms with E-state index in [1.165, 1.54) is 12.1 Å². The minimum Gasteiger partial charge on any atom is -0.355 e. The third-order valence-corrected chi connectivity index (χ3v) is 4.12. The van der Waals surface area contributed by atoms with Gasteiger partial charge in [-0.1, -0.05) is 12.1 Å². The lowest BCUT2D eigenvalue weighted by molar-refractivity contribution is -0.105. The van der Waals surface area contributed by atoms with Gasteiger partial charge >= 0.3 is 5.97 Å². The van der Waals surface area contributed by atoms with Gasteiger partial charge in [-0.15, -0.1) is 0 Å². The number of benzene rings is 1. The van der Waals surface area contributed by atoms with Crippen LogP contribution in [-0.2, 0) is 14.6 Å². The smallest absolute Gasteiger partial charge is 0.355 e. The van der Waals surface area contributed by atoms with Gasteiger partial charge in [-0.25, -0.2) is 4.90 Å². The van der Waals surface area contributed by atoms with Crippen molar-refractivity contribution in [3.05, 3.63) is 35.4 Å². The molecule has 0 atom stereocenters. The molecule has 0 saturated carbocycles. The van der Waals surface area contributed by atoms with Crippen LogP contribution in [0.1, 0.15) is 34.6 Å². The Balaban J connectivity index is 1.58. The average Bonchev–Trinajstić information content (AvgIpc) is 3.28. The molecule has 0 bridgehead atoms. The number of likely N-dealkylation sites (N-methyl/N-ethyl adjacent to an activating group) is 1. The Morgan fingerprint density at radius 3 is 2.29 bits per heavy atom. The van der Waals surface area contributed by atoms with E-state index in [-0.39, 0.29) is 6.73 Å². The number of hydrogen-bond acceptors (Lipinski definition) is 8. The van der Waals surface area contributed by atoms with E-state index in [9.17, 15) is 14.7 Å². The second kappa shape index (κ2) is 5.51. The molecular formula is C14H16N4O6. The molecule has 2 amide bonds. The van der Waals surface area contributed by atoms with Gasteiger partial charge in [0.05, 0.1) is 11.1 Å². The van der Waals surface area contributed by atoms with Gasteiger partial charge in [0, 0.05) is 12.3 Å². The van der Waals surface area contributed by atoms with Gasteiger partial charge in [-0.3, -0.25) is 14.6 Å². The zero-order chi connectivity index (χ0) is 17.5. The molecule has 0 spiro atoms. The van der Waals surface area contributed by atoms with Crippen LogP contribution >= 0.6 is 0 Å². The van der Waals surface area contributed by atoms with Crippen molar-refractivity contribution in [3.8, 4) is 0 Å². The fourth-order valence-electron chi connectivity index (χ4n) is 2.08. The van der Waals surface area contributed by atoms with Crippen LogP contribution < -0.4 is 0 Å². The van der Waals surface area contributed by atoms with Crippen molar-refractivity contribution in [2.45, 2.75) is 25.4 Å². The molecule has 3 rings (SSSR count). The van der Waals surface area contributed by atoms with Crippen LogP contribution in [0, 0.1) is 0 Å². The van der Waals surface area contributed by atoms with Crippen LogP contribution in [-0.4, -0.2) is 52.1 Å². The molecule has 2 aliphatic heterocycles. The lowest BCUT2D eigenvalue weighted by Crippen LogP contribution is -2.50. The largest absolute Gasteiger partial charge is 0.361 e. The Kier molecular flexibility index (Phi) is 3.74. The Hall–Kier alpha value is -2.56. The SMILES string of the molecule is CN(/N=N\OCN1C(=O)c2ccccc2C1=O)C(C)(C)C1(O)OO1. The highest BCUT2D eigenvalue weighted by molar-refractivity contribution is 6.21. The van der Waals surface area contributed by atoms with Crippen molar-refractivity contribution >= 4 is 11.8 Å². The molecule has 1 saturated heterocycles. The summed E-state index contributed by atoms with van der Waals surface area (Å²) in [7, 11) is 1.53. The first-order valence-corrected chi connectivity index (χ1v) is 7.09. The number of hydrogen-bond donors (Lipinski definition) is 1. The normalized spacial score (nSPS) is 18.9. The van der Waals surface area contributed by atoms with Crippen LogP contribution in [0.2, 0.25) is 0 Å². The van der Waals surface area contributed by atoms with Crippen LogP contribution in [0.25, 0.3) is 0 Å². The monoisotopic (exact) mass is 336 g/mol. The van der Waals surface area contributed by atoms with E-state index in [1.54, 1.807) is 38.1 Å². The minimum atomic E-state index is -1.77. The summed E-state index contributed by atoms with van der Waals surface area (Å²) in [6.07, 6.45) is 0. The van der Waals surface area contributed by atoms with Gasteiger partial charge in [-0.05, 0) is 31.2 Å². The maximum atomic E-state index is 12.1. The van der Waals surface area contributed by atoms with Crippen LogP contribution in [0.3, 0.4) is 0 Å². The number of aliphatic hydroxyl groups is 1. The van der Waals surface area contributed by atoms with Crippen LogP contribution in [0.15, 0.2) is 34.8 Å². The van der Waals surface area contributed by atoms with Crippen LogP contribution in [0.4, 0.5) is 0 Å². The fourth-order valence-corrected chi connectivity index (χ4v) is 2.08. The molecule has 1 aromatic rings. The van der Waals surface area contributed by atoms with Gasteiger partial charge in [0.15, 0.2) is 0 Å². The summed E-state index contributed by atoms with van der Waals surface area (Å²) in [5.74, 6) is -2.68. The second-order valence-electron chi connectivity index (χ2n) is 5.84. The molecule has 0 radical (unpaired) electrons. The molecule has 2 aliphatic rings. The highest BCUT2D eigenvalue weighted by atomic mass is 17.4. The van der Waals surface area contributed by atoms with Gasteiger partial charge in [-0.2, -0.15) is 9.78 Å². The number of fused-ring (bicyclic) bond motifs is 1. The summed E-state index contributed by atoms with van der Waals surface area (Å²) < 4.78 is 0. The molecule has 0 unspecified atom stereocenters. The maximum absolute atomic E-state index is 12.1. The molecule has 24 heavy (non-hydrogen) atoms. The predicted octanol–water partition coefficient (Wildman–Crippen LogP) is 0.857. The Morgan fingerprint density at radius 2 is 1.79 bits per heavy atom. The second-order valence-corrected chi connectivity index (χ2v) is 5.84. The Bertz CT molecular complexity index is 680. The number of rotatable bonds is 6. The minimum absolute atomic E-state index is 0.326. The number of amides is 2. The van der Waals surface area contributed by atoms with Crippen molar-refractivity contribution in [1.29, 1.82) is 0 Å². The average molecular weight is 336 g/mol. The zero-order valence-corrected chi connectivity index (χ0v) is 13.3. The highest BCUT2D eigenvalue weighted by Gasteiger charge is 2.63. The molecule has 10 heteroatoms. The summed E-state index contributed by atoms with van der Waals surface area (Å²) in [5, 5.41) is 18.3. The first-order valence-electron chi connectivity index (χ1n) is 7.09. The quantitative estimate of drug-likeness (QED) is 0.269. The van der Waals surface area contributed by atoms with E-state index in [0.717, 1.165) is 4.90 Å². The maximum Gasteiger partial charge on any atom is 0.361 e. The van der Waals surface area contributed by atoms with E-state index in [0.29, 0.717) is 11.1 Å². The third-order valence-electron chi connectivity index (χ3n) is 4.12. The van der Waals surface area contributed by atoms with E-state index in [2.05, 4.69) is 20.3 Å². The number of imide groups is 1. The van der Waals surface area contributed by atoms with Gasteiger partial charge in [0.2, 0.25) is 6.73 Å². The molecule has 1 fully saturated rings. The Morgan fingerprint density at radius 1 is 1.25 bits per heavy atom. The first kappa shape index (κ1) is 16.3. The molecule has 1 N–H and O–H groups in total. The third kappa shape index (κ3) is 2.50. The first-order chi connectivity index (χ1) is 11.3. The summed E-state index contributed by atoms with van der Waals surface area (Å²) in [5.41, 5.74) is -0.381. The van der Waals surface area contributed by atoms with Crippen LogP contribution in [0.5, 0.6) is 0 Å². The van der Waals surface area contributed by atoms with Crippen molar-refractivity contribution in [1.82, 2.24) is 9.91 Å². The Labute approximate surface area is 137 Å². The summed E-state index contributed by atoms with van der Waals surface area (Å²) >= 11 is 0. The topological polar surface area (TPSA) is 120 Å². The van der Waals surface area contributed by atoms with E-state index in [1.807, 2.05) is 0 Å². The lowest BCUT2D eigenvalue weighted by Gasteiger charge is -2.30. The molecule has 2 heterocycles. The van der Waals surface area contributed by atoms with E-state index >= 15 is 0 Å². The van der Waals surface area contributed by atoms with E-state index < -0.39 is 23.3 Å².